The van der Waals surface area contributed by atoms with Crippen molar-refractivity contribution >= 4 is 34.4 Å². The van der Waals surface area contributed by atoms with Gasteiger partial charge in [-0.05, 0) is 69.6 Å². The van der Waals surface area contributed by atoms with Gasteiger partial charge < -0.3 is 5.11 Å². The Morgan fingerprint density at radius 1 is 1.29 bits per heavy atom. The molecule has 5 nitrogen and oxygen atoms in total. The number of H-pyrrole nitrogens is 1. The Morgan fingerprint density at radius 3 is 2.75 bits per heavy atom. The third-order valence-electron chi connectivity index (χ3n) is 3.29. The van der Waals surface area contributed by atoms with Crippen LogP contribution in [0.25, 0.3) is 0 Å². The second-order valence-corrected chi connectivity index (χ2v) is 6.26. The Kier molecular flexibility index (Phi) is 4.86. The lowest BCUT2D eigenvalue weighted by atomic mass is 10.1. The number of benzene rings is 2. The molecule has 3 aromatic rings. The summed E-state index contributed by atoms with van der Waals surface area (Å²) in [5, 5.41) is 20.7. The summed E-state index contributed by atoms with van der Waals surface area (Å²) in [5.74, 6) is 0.485. The van der Waals surface area contributed by atoms with Gasteiger partial charge in [0.1, 0.15) is 11.6 Å². The second-order valence-electron chi connectivity index (χ2n) is 5.02. The van der Waals surface area contributed by atoms with E-state index >= 15 is 0 Å². The number of rotatable bonds is 4. The van der Waals surface area contributed by atoms with Crippen LogP contribution in [0.1, 0.15) is 17.0 Å². The third-order valence-corrected chi connectivity index (χ3v) is 4.19. The second kappa shape index (κ2) is 7.06. The van der Waals surface area contributed by atoms with Crippen molar-refractivity contribution in [1.29, 1.82) is 0 Å². The molecule has 0 bridgehead atoms. The van der Waals surface area contributed by atoms with Crippen molar-refractivity contribution < 1.29 is 9.50 Å². The molecule has 24 heavy (non-hydrogen) atoms. The monoisotopic (exact) mass is 406 g/mol. The summed E-state index contributed by atoms with van der Waals surface area (Å²) in [6, 6.07) is 11.2. The number of halogens is 2. The lowest BCUT2D eigenvalue weighted by Gasteiger charge is -2.02. The maximum Gasteiger partial charge on any atom is 0.216 e. The highest BCUT2D eigenvalue weighted by atomic mass is 79.9. The van der Waals surface area contributed by atoms with Crippen LogP contribution >= 0.6 is 28.1 Å². The summed E-state index contributed by atoms with van der Waals surface area (Å²) in [5.41, 5.74) is 1.68. The Morgan fingerprint density at radius 2 is 2.04 bits per heavy atom. The molecule has 1 aromatic heterocycles. The van der Waals surface area contributed by atoms with Gasteiger partial charge in [0.05, 0.1) is 10.7 Å². The zero-order valence-corrected chi connectivity index (χ0v) is 14.7. The van der Waals surface area contributed by atoms with Crippen molar-refractivity contribution in [2.24, 2.45) is 5.10 Å². The Hall–Kier alpha value is -2.32. The quantitative estimate of drug-likeness (QED) is 0.507. The van der Waals surface area contributed by atoms with Crippen LogP contribution in [0.2, 0.25) is 0 Å². The average molecular weight is 407 g/mol. The van der Waals surface area contributed by atoms with Crippen LogP contribution in [0, 0.1) is 10.6 Å². The fourth-order valence-corrected chi connectivity index (χ4v) is 2.67. The first kappa shape index (κ1) is 16.5. The smallest absolute Gasteiger partial charge is 0.216 e. The van der Waals surface area contributed by atoms with Crippen molar-refractivity contribution in [2.45, 2.75) is 6.42 Å². The van der Waals surface area contributed by atoms with Crippen molar-refractivity contribution in [3.05, 3.63) is 74.5 Å². The molecular weight excluding hydrogens is 395 g/mol. The van der Waals surface area contributed by atoms with Gasteiger partial charge in [0, 0.05) is 6.42 Å². The highest BCUT2D eigenvalue weighted by Gasteiger charge is 2.07. The van der Waals surface area contributed by atoms with E-state index in [1.54, 1.807) is 36.5 Å². The number of nitrogens with one attached hydrogen (secondary N) is 1. The first-order valence-corrected chi connectivity index (χ1v) is 8.16. The van der Waals surface area contributed by atoms with Crippen molar-refractivity contribution in [2.75, 3.05) is 0 Å². The lowest BCUT2D eigenvalue weighted by Crippen LogP contribution is -2.00. The summed E-state index contributed by atoms with van der Waals surface area (Å²) in [6.45, 7) is 0. The lowest BCUT2D eigenvalue weighted by molar-refractivity contribution is 0.472. The Labute approximate surface area is 150 Å². The number of nitrogens with zero attached hydrogens (tertiary/aromatic N) is 3. The number of aromatic hydroxyl groups is 1. The molecule has 0 aliphatic heterocycles. The minimum Gasteiger partial charge on any atom is -0.507 e. The number of hydrogen-bond acceptors (Lipinski definition) is 4. The summed E-state index contributed by atoms with van der Waals surface area (Å²) >= 11 is 8.45. The number of aromatic amines is 1. The number of phenols is 1. The van der Waals surface area contributed by atoms with Crippen LogP contribution in [0.3, 0.4) is 0 Å². The molecule has 0 atom stereocenters. The molecule has 1 heterocycles. The predicted octanol–water partition coefficient (Wildman–Crippen LogP) is 4.02. The van der Waals surface area contributed by atoms with E-state index in [2.05, 4.69) is 31.2 Å². The van der Waals surface area contributed by atoms with Crippen LogP contribution in [-0.2, 0) is 6.42 Å². The van der Waals surface area contributed by atoms with E-state index in [-0.39, 0.29) is 11.6 Å². The molecule has 8 heteroatoms. The summed E-state index contributed by atoms with van der Waals surface area (Å²) in [6.07, 6.45) is 2.08. The summed E-state index contributed by atoms with van der Waals surface area (Å²) in [4.78, 5) is 0. The normalized spacial score (nSPS) is 11.2. The molecule has 122 valence electrons. The number of phenolic OH excluding ortho intramolecular Hbond substituents is 1. The van der Waals surface area contributed by atoms with Gasteiger partial charge in [0.2, 0.25) is 4.77 Å². The maximum absolute atomic E-state index is 13.0. The maximum atomic E-state index is 13.0. The highest BCUT2D eigenvalue weighted by Crippen LogP contribution is 2.23. The predicted molar refractivity (Wildman–Crippen MR) is 95.4 cm³/mol. The molecule has 0 radical (unpaired) electrons. The molecule has 0 saturated carbocycles. The molecule has 0 unspecified atom stereocenters. The number of aromatic nitrogens is 3. The Bertz CT molecular complexity index is 949. The zero-order valence-electron chi connectivity index (χ0n) is 12.3. The molecule has 0 amide bonds. The van der Waals surface area contributed by atoms with Crippen LogP contribution in [0.4, 0.5) is 4.39 Å². The minimum atomic E-state index is -0.284. The first-order valence-electron chi connectivity index (χ1n) is 6.96. The fraction of sp³-hybridized carbons (Fsp3) is 0.0625. The van der Waals surface area contributed by atoms with E-state index in [0.717, 1.165) is 11.1 Å². The SMILES string of the molecule is Oc1ccc(/C=N\n2c(Cc3ccc(F)cc3)n[nH]c2=S)cc1Br. The molecule has 0 saturated heterocycles. The summed E-state index contributed by atoms with van der Waals surface area (Å²) in [7, 11) is 0. The standard InChI is InChI=1S/C16H12BrFN4OS/c17-13-7-11(3-6-14(13)23)9-19-22-15(20-21-16(22)24)8-10-1-4-12(18)5-2-10/h1-7,9,23H,8H2,(H,21,24)/b19-9-. The van der Waals surface area contributed by atoms with Crippen LogP contribution < -0.4 is 0 Å². The fourth-order valence-electron chi connectivity index (χ4n) is 2.07. The van der Waals surface area contributed by atoms with Crippen LogP contribution in [0.5, 0.6) is 5.75 Å². The largest absolute Gasteiger partial charge is 0.507 e. The third kappa shape index (κ3) is 3.77. The Balaban J connectivity index is 1.87. The van der Waals surface area contributed by atoms with Gasteiger partial charge in [-0.1, -0.05) is 12.1 Å². The van der Waals surface area contributed by atoms with Gasteiger partial charge in [-0.3, -0.25) is 5.10 Å². The highest BCUT2D eigenvalue weighted by molar-refractivity contribution is 9.10. The first-order chi connectivity index (χ1) is 11.5. The average Bonchev–Trinajstić information content (AvgIpc) is 2.91. The zero-order chi connectivity index (χ0) is 17.1. The summed E-state index contributed by atoms with van der Waals surface area (Å²) < 4.78 is 15.4. The van der Waals surface area contributed by atoms with E-state index in [1.165, 1.54) is 16.8 Å². The molecule has 0 aliphatic carbocycles. The van der Waals surface area contributed by atoms with Crippen molar-refractivity contribution in [1.82, 2.24) is 14.9 Å². The molecule has 0 spiro atoms. The molecule has 3 rings (SSSR count). The van der Waals surface area contributed by atoms with E-state index < -0.39 is 0 Å². The van der Waals surface area contributed by atoms with E-state index in [1.807, 2.05) is 0 Å². The molecular formula is C16H12BrFN4OS. The van der Waals surface area contributed by atoms with Gasteiger partial charge in [-0.2, -0.15) is 14.9 Å². The van der Waals surface area contributed by atoms with E-state index in [4.69, 9.17) is 12.2 Å². The van der Waals surface area contributed by atoms with Gasteiger partial charge in [0.25, 0.3) is 0 Å². The van der Waals surface area contributed by atoms with Gasteiger partial charge in [-0.15, -0.1) is 0 Å². The van der Waals surface area contributed by atoms with Crippen molar-refractivity contribution in [3.63, 3.8) is 0 Å². The van der Waals surface area contributed by atoms with E-state index in [9.17, 15) is 9.50 Å². The molecule has 0 fully saturated rings. The topological polar surface area (TPSA) is 66.2 Å². The number of hydrogen-bond donors (Lipinski definition) is 2. The van der Waals surface area contributed by atoms with Gasteiger partial charge in [-0.25, -0.2) is 4.39 Å². The minimum absolute atomic E-state index is 0.157. The van der Waals surface area contributed by atoms with Crippen molar-refractivity contribution in [3.8, 4) is 5.75 Å². The van der Waals surface area contributed by atoms with E-state index in [0.29, 0.717) is 21.5 Å². The van der Waals surface area contributed by atoms with Crippen LogP contribution in [-0.4, -0.2) is 26.2 Å². The molecule has 0 aliphatic rings. The molecule has 2 aromatic carbocycles. The van der Waals surface area contributed by atoms with Crippen LogP contribution in [0.15, 0.2) is 52.0 Å². The van der Waals surface area contributed by atoms with Gasteiger partial charge >= 0.3 is 0 Å². The van der Waals surface area contributed by atoms with Gasteiger partial charge in [0.15, 0.2) is 5.82 Å². The molecule has 2 N–H and O–H groups in total.